The fraction of sp³-hybridized carbons (Fsp3) is 0.900. The Morgan fingerprint density at radius 1 is 1.50 bits per heavy atom. The van der Waals surface area contributed by atoms with Crippen LogP contribution in [0.4, 0.5) is 0 Å². The lowest BCUT2D eigenvalue weighted by molar-refractivity contribution is -0.126. The molecule has 0 radical (unpaired) electrons. The van der Waals surface area contributed by atoms with Crippen LogP contribution in [0.1, 0.15) is 39.5 Å². The number of hydrogen-bond donors (Lipinski definition) is 2. The van der Waals surface area contributed by atoms with E-state index >= 15 is 0 Å². The van der Waals surface area contributed by atoms with Gasteiger partial charge in [-0.25, -0.2) is 5.84 Å². The molecule has 1 amide bonds. The third kappa shape index (κ3) is 6.86. The molecule has 0 aliphatic rings. The van der Waals surface area contributed by atoms with Crippen molar-refractivity contribution in [1.29, 1.82) is 0 Å². The zero-order chi connectivity index (χ0) is 10.8. The smallest absolute Gasteiger partial charge is 0.259 e. The zero-order valence-corrected chi connectivity index (χ0v) is 9.21. The summed E-state index contributed by atoms with van der Waals surface area (Å²) in [5.74, 6) is 5.22. The first-order valence-corrected chi connectivity index (χ1v) is 5.31. The molecule has 1 atom stereocenters. The van der Waals surface area contributed by atoms with E-state index in [0.29, 0.717) is 12.5 Å². The molecule has 0 fully saturated rings. The van der Waals surface area contributed by atoms with Gasteiger partial charge in [-0.2, -0.15) is 0 Å². The topological polar surface area (TPSA) is 64.3 Å². The summed E-state index contributed by atoms with van der Waals surface area (Å²) < 4.78 is 5.24. The van der Waals surface area contributed by atoms with Crippen LogP contribution in [0.5, 0.6) is 0 Å². The highest BCUT2D eigenvalue weighted by Crippen LogP contribution is 2.12. The van der Waals surface area contributed by atoms with Crippen molar-refractivity contribution in [2.75, 3.05) is 13.2 Å². The number of carbonyl (C=O) groups is 1. The molecule has 3 N–H and O–H groups in total. The van der Waals surface area contributed by atoms with Crippen molar-refractivity contribution in [3.8, 4) is 0 Å². The summed E-state index contributed by atoms with van der Waals surface area (Å²) in [5, 5.41) is 0. The average Bonchev–Trinajstić information content (AvgIpc) is 2.22. The van der Waals surface area contributed by atoms with Gasteiger partial charge in [0, 0.05) is 0 Å². The Kier molecular flexibility index (Phi) is 8.57. The van der Waals surface area contributed by atoms with Crippen LogP contribution in [-0.4, -0.2) is 19.1 Å². The van der Waals surface area contributed by atoms with Crippen LogP contribution in [0.25, 0.3) is 0 Å². The lowest BCUT2D eigenvalue weighted by Gasteiger charge is -2.13. The summed E-state index contributed by atoms with van der Waals surface area (Å²) in [6, 6.07) is 0. The number of nitrogens with two attached hydrogens (primary N) is 1. The van der Waals surface area contributed by atoms with Crippen LogP contribution in [-0.2, 0) is 9.53 Å². The van der Waals surface area contributed by atoms with E-state index in [1.807, 2.05) is 5.43 Å². The van der Waals surface area contributed by atoms with Crippen molar-refractivity contribution in [2.45, 2.75) is 39.5 Å². The highest BCUT2D eigenvalue weighted by molar-refractivity contribution is 5.76. The predicted octanol–water partition coefficient (Wildman–Crippen LogP) is 1.21. The lowest BCUT2D eigenvalue weighted by atomic mass is 10.0. The molecule has 1 unspecified atom stereocenters. The Bertz CT molecular complexity index is 151. The van der Waals surface area contributed by atoms with Gasteiger partial charge in [-0.05, 0) is 12.3 Å². The molecule has 0 heterocycles. The summed E-state index contributed by atoms with van der Waals surface area (Å²) in [6.45, 7) is 5.05. The lowest BCUT2D eigenvalue weighted by Crippen LogP contribution is -2.33. The molecule has 0 rings (SSSR count). The van der Waals surface area contributed by atoms with Gasteiger partial charge in [0.2, 0.25) is 0 Å². The van der Waals surface area contributed by atoms with Gasteiger partial charge < -0.3 is 4.74 Å². The Morgan fingerprint density at radius 3 is 2.71 bits per heavy atom. The largest absolute Gasteiger partial charge is 0.371 e. The van der Waals surface area contributed by atoms with E-state index < -0.39 is 0 Å². The first-order valence-electron chi connectivity index (χ1n) is 5.31. The normalized spacial score (nSPS) is 12.5. The minimum Gasteiger partial charge on any atom is -0.371 e. The number of nitrogens with one attached hydrogen (secondary N) is 1. The van der Waals surface area contributed by atoms with E-state index in [1.165, 1.54) is 19.3 Å². The molecule has 14 heavy (non-hydrogen) atoms. The fourth-order valence-electron chi connectivity index (χ4n) is 1.26. The van der Waals surface area contributed by atoms with E-state index in [9.17, 15) is 4.79 Å². The highest BCUT2D eigenvalue weighted by atomic mass is 16.5. The van der Waals surface area contributed by atoms with Crippen molar-refractivity contribution in [2.24, 2.45) is 11.8 Å². The van der Waals surface area contributed by atoms with E-state index in [2.05, 4.69) is 13.8 Å². The monoisotopic (exact) mass is 202 g/mol. The first kappa shape index (κ1) is 13.4. The number of hydrazine groups is 1. The van der Waals surface area contributed by atoms with Crippen LogP contribution in [0.15, 0.2) is 0 Å². The van der Waals surface area contributed by atoms with Crippen molar-refractivity contribution in [1.82, 2.24) is 5.43 Å². The quantitative estimate of drug-likeness (QED) is 0.353. The van der Waals surface area contributed by atoms with Crippen LogP contribution < -0.4 is 11.3 Å². The second-order valence-corrected chi connectivity index (χ2v) is 3.50. The van der Waals surface area contributed by atoms with Crippen molar-refractivity contribution < 1.29 is 9.53 Å². The second-order valence-electron chi connectivity index (χ2n) is 3.50. The molecule has 0 aliphatic carbocycles. The third-order valence-corrected chi connectivity index (χ3v) is 2.29. The Hall–Kier alpha value is -0.610. The van der Waals surface area contributed by atoms with Gasteiger partial charge in [-0.1, -0.05) is 33.1 Å². The molecule has 0 saturated carbocycles. The zero-order valence-electron chi connectivity index (χ0n) is 9.21. The maximum absolute atomic E-state index is 10.7. The van der Waals surface area contributed by atoms with Gasteiger partial charge in [0.25, 0.3) is 5.91 Å². The SMILES string of the molecule is CCCCC(CC)COCC(=O)NN. The van der Waals surface area contributed by atoms with Gasteiger partial charge in [0.15, 0.2) is 0 Å². The maximum atomic E-state index is 10.7. The molecule has 0 aromatic heterocycles. The predicted molar refractivity (Wildman–Crippen MR) is 56.5 cm³/mol. The average molecular weight is 202 g/mol. The Morgan fingerprint density at radius 2 is 2.21 bits per heavy atom. The first-order chi connectivity index (χ1) is 6.74. The van der Waals surface area contributed by atoms with E-state index in [-0.39, 0.29) is 12.5 Å². The molecule has 0 spiro atoms. The summed E-state index contributed by atoms with van der Waals surface area (Å²) in [7, 11) is 0. The Labute approximate surface area is 86.2 Å². The number of ether oxygens (including phenoxy) is 1. The van der Waals surface area contributed by atoms with Crippen LogP contribution in [0.2, 0.25) is 0 Å². The molecule has 0 bridgehead atoms. The molecule has 0 saturated heterocycles. The van der Waals surface area contributed by atoms with Crippen molar-refractivity contribution in [3.05, 3.63) is 0 Å². The summed E-state index contributed by atoms with van der Waals surface area (Å²) in [4.78, 5) is 10.7. The van der Waals surface area contributed by atoms with Crippen LogP contribution in [0.3, 0.4) is 0 Å². The van der Waals surface area contributed by atoms with Gasteiger partial charge >= 0.3 is 0 Å². The molecule has 4 nitrogen and oxygen atoms in total. The van der Waals surface area contributed by atoms with Gasteiger partial charge in [0.05, 0.1) is 6.61 Å². The van der Waals surface area contributed by atoms with Crippen molar-refractivity contribution in [3.63, 3.8) is 0 Å². The Balaban J connectivity index is 3.46. The number of amides is 1. The van der Waals surface area contributed by atoms with Gasteiger partial charge in [-0.3, -0.25) is 10.2 Å². The molecule has 0 aromatic rings. The summed E-state index contributed by atoms with van der Waals surface area (Å²) >= 11 is 0. The number of carbonyl (C=O) groups excluding carboxylic acids is 1. The minimum absolute atomic E-state index is 0.0686. The maximum Gasteiger partial charge on any atom is 0.259 e. The second kappa shape index (κ2) is 8.97. The van der Waals surface area contributed by atoms with Gasteiger partial charge in [0.1, 0.15) is 6.61 Å². The third-order valence-electron chi connectivity index (χ3n) is 2.29. The molecule has 0 aromatic carbocycles. The summed E-state index contributed by atoms with van der Waals surface area (Å²) in [5.41, 5.74) is 2.04. The molecular weight excluding hydrogens is 180 g/mol. The minimum atomic E-state index is -0.268. The fourth-order valence-corrected chi connectivity index (χ4v) is 1.26. The van der Waals surface area contributed by atoms with E-state index in [4.69, 9.17) is 10.6 Å². The molecular formula is C10H22N2O2. The van der Waals surface area contributed by atoms with Crippen LogP contribution >= 0.6 is 0 Å². The standard InChI is InChI=1S/C10H22N2O2/c1-3-5-6-9(4-2)7-14-8-10(13)12-11/h9H,3-8,11H2,1-2H3,(H,12,13). The van der Waals surface area contributed by atoms with E-state index in [0.717, 1.165) is 6.42 Å². The van der Waals surface area contributed by atoms with E-state index in [1.54, 1.807) is 0 Å². The van der Waals surface area contributed by atoms with Crippen LogP contribution in [0, 0.1) is 5.92 Å². The number of unbranched alkanes of at least 4 members (excludes halogenated alkanes) is 1. The molecule has 4 heteroatoms. The molecule has 0 aliphatic heterocycles. The van der Waals surface area contributed by atoms with Gasteiger partial charge in [-0.15, -0.1) is 0 Å². The number of hydrogen-bond acceptors (Lipinski definition) is 3. The number of rotatable bonds is 8. The molecule has 84 valence electrons. The highest BCUT2D eigenvalue weighted by Gasteiger charge is 2.06. The summed E-state index contributed by atoms with van der Waals surface area (Å²) in [6.07, 6.45) is 4.71. The van der Waals surface area contributed by atoms with Crippen molar-refractivity contribution >= 4 is 5.91 Å².